The van der Waals surface area contributed by atoms with E-state index in [1.54, 1.807) is 6.07 Å². The number of carbonyl (C=O) groups is 3. The summed E-state index contributed by atoms with van der Waals surface area (Å²) in [4.78, 5) is 34.1. The molecule has 0 aliphatic heterocycles. The summed E-state index contributed by atoms with van der Waals surface area (Å²) in [6.45, 7) is 13.4. The van der Waals surface area contributed by atoms with Gasteiger partial charge in [0.2, 0.25) is 11.8 Å². The highest BCUT2D eigenvalue weighted by Crippen LogP contribution is 2.21. The number of aldehydes is 1. The van der Waals surface area contributed by atoms with Crippen LogP contribution in [0.2, 0.25) is 0 Å². The predicted octanol–water partition coefficient (Wildman–Crippen LogP) is 4.59. The third-order valence-electron chi connectivity index (χ3n) is 5.87. The number of rotatable bonds is 16. The first-order chi connectivity index (χ1) is 20.1. The lowest BCUT2D eigenvalue weighted by atomic mass is 10.00. The van der Waals surface area contributed by atoms with Crippen LogP contribution in [-0.4, -0.2) is 63.5 Å². The highest BCUT2D eigenvalue weighted by Gasteiger charge is 2.16. The summed E-state index contributed by atoms with van der Waals surface area (Å²) in [7, 11) is 1.81. The Balaban J connectivity index is 0.00000127. The molecule has 2 aromatic rings. The molecule has 0 bridgehead atoms. The molecule has 2 amide bonds. The summed E-state index contributed by atoms with van der Waals surface area (Å²) in [5.41, 5.74) is 2.05. The van der Waals surface area contributed by atoms with E-state index in [4.69, 9.17) is 4.74 Å². The van der Waals surface area contributed by atoms with Gasteiger partial charge in [0, 0.05) is 12.6 Å². The normalized spacial score (nSPS) is 12.3. The monoisotopic (exact) mass is 588 g/mol. The molecule has 42 heavy (non-hydrogen) atoms. The quantitative estimate of drug-likeness (QED) is 0.214. The van der Waals surface area contributed by atoms with Crippen LogP contribution in [0.3, 0.4) is 0 Å². The van der Waals surface area contributed by atoms with Gasteiger partial charge in [-0.3, -0.25) is 9.59 Å². The van der Waals surface area contributed by atoms with Crippen molar-refractivity contribution in [2.24, 2.45) is 5.92 Å². The van der Waals surface area contributed by atoms with Gasteiger partial charge in [-0.25, -0.2) is 4.39 Å². The minimum absolute atomic E-state index is 0.0195. The Morgan fingerprint density at radius 1 is 1.02 bits per heavy atom. The van der Waals surface area contributed by atoms with E-state index >= 15 is 0 Å². The van der Waals surface area contributed by atoms with Crippen molar-refractivity contribution in [2.45, 2.75) is 79.3 Å². The first-order valence-electron chi connectivity index (χ1n) is 14.9. The van der Waals surface area contributed by atoms with Gasteiger partial charge in [-0.05, 0) is 69.0 Å². The number of benzene rings is 2. The van der Waals surface area contributed by atoms with Gasteiger partial charge in [0.05, 0.1) is 19.1 Å². The van der Waals surface area contributed by atoms with Crippen LogP contribution >= 0.6 is 0 Å². The zero-order valence-electron chi connectivity index (χ0n) is 26.6. The fraction of sp³-hybridized carbons (Fsp3) is 0.545. The van der Waals surface area contributed by atoms with Gasteiger partial charge < -0.3 is 30.8 Å². The molecule has 0 heterocycles. The molecule has 8 nitrogen and oxygen atoms in total. The van der Waals surface area contributed by atoms with Crippen molar-refractivity contribution in [3.8, 4) is 5.75 Å². The second-order valence-electron chi connectivity index (χ2n) is 10.4. The van der Waals surface area contributed by atoms with E-state index in [9.17, 15) is 18.8 Å². The SMILES string of the molecule is CCC.CCCC(NC)C(=O)NCC(C)Cc1ccccc1OC[C@H](C)NCC(=O)NCC=O.Cc1cccc(F)c1. The van der Waals surface area contributed by atoms with E-state index in [-0.39, 0.29) is 48.7 Å². The first kappa shape index (κ1) is 38.7. The second kappa shape index (κ2) is 24.3. The maximum Gasteiger partial charge on any atom is 0.237 e. The molecular weight excluding hydrogens is 535 g/mol. The van der Waals surface area contributed by atoms with Crippen LogP contribution in [0.4, 0.5) is 4.39 Å². The third kappa shape index (κ3) is 18.9. The van der Waals surface area contributed by atoms with Gasteiger partial charge in [0.1, 0.15) is 24.5 Å². The van der Waals surface area contributed by atoms with Crippen molar-refractivity contribution >= 4 is 18.1 Å². The number of para-hydroxylation sites is 1. The molecule has 0 radical (unpaired) electrons. The van der Waals surface area contributed by atoms with Gasteiger partial charge in [-0.2, -0.15) is 0 Å². The van der Waals surface area contributed by atoms with Crippen molar-refractivity contribution in [1.82, 2.24) is 21.3 Å². The van der Waals surface area contributed by atoms with E-state index in [1.165, 1.54) is 18.6 Å². The number of halogens is 1. The summed E-state index contributed by atoms with van der Waals surface area (Å²) in [6.07, 6.45) is 4.45. The number of nitrogens with one attached hydrogen (secondary N) is 4. The van der Waals surface area contributed by atoms with Crippen LogP contribution < -0.4 is 26.0 Å². The zero-order valence-corrected chi connectivity index (χ0v) is 26.6. The summed E-state index contributed by atoms with van der Waals surface area (Å²) in [6, 6.07) is 14.2. The molecule has 0 spiro atoms. The van der Waals surface area contributed by atoms with Crippen LogP contribution in [-0.2, 0) is 20.8 Å². The summed E-state index contributed by atoms with van der Waals surface area (Å²) in [5.74, 6) is 0.709. The van der Waals surface area contributed by atoms with Crippen molar-refractivity contribution in [1.29, 1.82) is 0 Å². The standard InChI is InChI=1S/C23H38N4O4.C7H7F.C3H8/c1-5-8-20(24-4)23(30)27-14-17(2)13-19-9-6-7-10-21(19)31-16-18(3)26-15-22(29)25-11-12-28;1-6-3-2-4-7(8)5-6;1-3-2/h6-7,9-10,12,17-18,20,24,26H,5,8,11,13-16H2,1-4H3,(H,25,29)(H,27,30);2-5H,1H3;3H2,1-2H3/t17?,18-,20?;;/m0../s1. The Morgan fingerprint density at radius 3 is 2.29 bits per heavy atom. The average molecular weight is 589 g/mol. The summed E-state index contributed by atoms with van der Waals surface area (Å²) < 4.78 is 18.1. The Morgan fingerprint density at radius 2 is 1.71 bits per heavy atom. The molecule has 2 aromatic carbocycles. The number of hydrogen-bond donors (Lipinski definition) is 4. The molecule has 0 saturated carbocycles. The Kier molecular flexibility index (Phi) is 22.4. The Labute approximate surface area is 252 Å². The van der Waals surface area contributed by atoms with Crippen molar-refractivity contribution in [3.63, 3.8) is 0 Å². The molecule has 0 aromatic heterocycles. The average Bonchev–Trinajstić information content (AvgIpc) is 2.96. The van der Waals surface area contributed by atoms with Crippen molar-refractivity contribution < 1.29 is 23.5 Å². The lowest BCUT2D eigenvalue weighted by Gasteiger charge is -2.20. The largest absolute Gasteiger partial charge is 0.492 e. The molecule has 3 atom stereocenters. The molecule has 4 N–H and O–H groups in total. The van der Waals surface area contributed by atoms with E-state index < -0.39 is 0 Å². The molecule has 236 valence electrons. The minimum atomic E-state index is -0.227. The Hall–Kier alpha value is -3.30. The maximum absolute atomic E-state index is 12.3. The molecular formula is C33H53FN4O4. The maximum atomic E-state index is 12.3. The fourth-order valence-electron chi connectivity index (χ4n) is 3.72. The van der Waals surface area contributed by atoms with Gasteiger partial charge in [0.15, 0.2) is 0 Å². The number of aryl methyl sites for hydroxylation is 1. The van der Waals surface area contributed by atoms with Crippen LogP contribution in [0.25, 0.3) is 0 Å². The van der Waals surface area contributed by atoms with E-state index in [0.717, 1.165) is 36.1 Å². The number of hydrogen-bond acceptors (Lipinski definition) is 6. The van der Waals surface area contributed by atoms with Crippen LogP contribution in [0, 0.1) is 18.7 Å². The Bertz CT molecular complexity index is 1000. The molecule has 2 rings (SSSR count). The van der Waals surface area contributed by atoms with Gasteiger partial charge >= 0.3 is 0 Å². The molecule has 0 saturated heterocycles. The molecule has 9 heteroatoms. The third-order valence-corrected chi connectivity index (χ3v) is 5.87. The molecule has 0 fully saturated rings. The molecule has 2 unspecified atom stereocenters. The molecule has 0 aliphatic carbocycles. The van der Waals surface area contributed by atoms with E-state index in [2.05, 4.69) is 49.0 Å². The predicted molar refractivity (Wildman–Crippen MR) is 169 cm³/mol. The number of ether oxygens (including phenoxy) is 1. The lowest BCUT2D eigenvalue weighted by Crippen LogP contribution is -2.44. The fourth-order valence-corrected chi connectivity index (χ4v) is 3.72. The number of likely N-dealkylation sites (N-methyl/N-ethyl adjacent to an activating group) is 1. The van der Waals surface area contributed by atoms with Crippen LogP contribution in [0.15, 0.2) is 48.5 Å². The smallest absolute Gasteiger partial charge is 0.237 e. The van der Waals surface area contributed by atoms with Gasteiger partial charge in [-0.1, -0.05) is 70.9 Å². The highest BCUT2D eigenvalue weighted by atomic mass is 19.1. The lowest BCUT2D eigenvalue weighted by molar-refractivity contribution is -0.123. The van der Waals surface area contributed by atoms with Gasteiger partial charge in [-0.15, -0.1) is 0 Å². The zero-order chi connectivity index (χ0) is 31.8. The van der Waals surface area contributed by atoms with Crippen molar-refractivity contribution in [3.05, 3.63) is 65.5 Å². The minimum Gasteiger partial charge on any atom is -0.492 e. The van der Waals surface area contributed by atoms with Crippen molar-refractivity contribution in [2.75, 3.05) is 33.3 Å². The van der Waals surface area contributed by atoms with Gasteiger partial charge in [0.25, 0.3) is 0 Å². The van der Waals surface area contributed by atoms with E-state index in [1.807, 2.05) is 51.2 Å². The number of amides is 2. The van der Waals surface area contributed by atoms with E-state index in [0.29, 0.717) is 19.4 Å². The molecule has 0 aliphatic rings. The topological polar surface area (TPSA) is 109 Å². The summed E-state index contributed by atoms with van der Waals surface area (Å²) in [5, 5.41) is 11.7. The first-order valence-corrected chi connectivity index (χ1v) is 14.9. The van der Waals surface area contributed by atoms with Crippen LogP contribution in [0.1, 0.15) is 65.0 Å². The summed E-state index contributed by atoms with van der Waals surface area (Å²) >= 11 is 0. The highest BCUT2D eigenvalue weighted by molar-refractivity contribution is 5.81. The second-order valence-corrected chi connectivity index (χ2v) is 10.4. The number of carbonyl (C=O) groups excluding carboxylic acids is 3. The van der Waals surface area contributed by atoms with Crippen LogP contribution in [0.5, 0.6) is 5.75 Å².